The van der Waals surface area contributed by atoms with Crippen molar-refractivity contribution in [1.29, 1.82) is 0 Å². The Bertz CT molecular complexity index is 658. The molecule has 104 valence electrons. The van der Waals surface area contributed by atoms with Gasteiger partial charge in [0, 0.05) is 12.1 Å². The molecule has 0 amide bonds. The van der Waals surface area contributed by atoms with Gasteiger partial charge in [-0.3, -0.25) is 0 Å². The van der Waals surface area contributed by atoms with Crippen molar-refractivity contribution in [2.45, 2.75) is 6.92 Å². The zero-order valence-electron chi connectivity index (χ0n) is 11.1. The summed E-state index contributed by atoms with van der Waals surface area (Å²) in [6.07, 6.45) is 0. The second-order valence-corrected chi connectivity index (χ2v) is 4.68. The van der Waals surface area contributed by atoms with Gasteiger partial charge in [0.05, 0.1) is 12.7 Å². The number of methoxy groups -OCH3 is 1. The van der Waals surface area contributed by atoms with E-state index >= 15 is 0 Å². The minimum absolute atomic E-state index is 0.204. The number of nitrogens with two attached hydrogens (primary N) is 1. The summed E-state index contributed by atoms with van der Waals surface area (Å²) < 4.78 is 24.3. The molecule has 3 nitrogen and oxygen atoms in total. The number of halogens is 1. The molecule has 0 bridgehead atoms. The fraction of sp³-hybridized carbons (Fsp3) is 0.133. The summed E-state index contributed by atoms with van der Waals surface area (Å²) in [5, 5.41) is 0. The van der Waals surface area contributed by atoms with E-state index in [4.69, 9.17) is 27.4 Å². The van der Waals surface area contributed by atoms with Gasteiger partial charge in [-0.15, -0.1) is 0 Å². The van der Waals surface area contributed by atoms with Gasteiger partial charge in [-0.25, -0.2) is 4.39 Å². The number of aryl methyl sites for hydroxylation is 1. The molecule has 0 saturated heterocycles. The Hall–Kier alpha value is -2.14. The maximum Gasteiger partial charge on any atom is 0.141 e. The van der Waals surface area contributed by atoms with Gasteiger partial charge in [-0.1, -0.05) is 18.3 Å². The average Bonchev–Trinajstić information content (AvgIpc) is 2.42. The molecule has 0 saturated carbocycles. The van der Waals surface area contributed by atoms with Crippen molar-refractivity contribution >= 4 is 17.2 Å². The van der Waals surface area contributed by atoms with Crippen LogP contribution in [-0.4, -0.2) is 12.1 Å². The molecule has 2 aromatic carbocycles. The molecular formula is C15H14FNO2S. The number of ether oxygens (including phenoxy) is 2. The zero-order valence-corrected chi connectivity index (χ0v) is 12.0. The molecular weight excluding hydrogens is 277 g/mol. The van der Waals surface area contributed by atoms with Gasteiger partial charge in [-0.2, -0.15) is 0 Å². The average molecular weight is 291 g/mol. The molecule has 0 atom stereocenters. The van der Waals surface area contributed by atoms with Crippen molar-refractivity contribution in [2.24, 2.45) is 5.73 Å². The van der Waals surface area contributed by atoms with Crippen LogP contribution in [-0.2, 0) is 0 Å². The first-order valence-corrected chi connectivity index (χ1v) is 6.34. The number of rotatable bonds is 4. The fourth-order valence-electron chi connectivity index (χ4n) is 1.68. The first-order chi connectivity index (χ1) is 9.51. The van der Waals surface area contributed by atoms with Crippen LogP contribution in [0.3, 0.4) is 0 Å². The maximum atomic E-state index is 13.5. The molecule has 0 aromatic heterocycles. The third-order valence-electron chi connectivity index (χ3n) is 2.83. The Balaban J connectivity index is 2.40. The summed E-state index contributed by atoms with van der Waals surface area (Å²) in [6, 6.07) is 9.75. The van der Waals surface area contributed by atoms with E-state index in [2.05, 4.69) is 0 Å². The normalized spacial score (nSPS) is 10.2. The number of thiocarbonyl (C=S) groups is 1. The highest BCUT2D eigenvalue weighted by atomic mass is 32.1. The molecule has 0 fully saturated rings. The number of hydrogen-bond acceptors (Lipinski definition) is 3. The van der Waals surface area contributed by atoms with Crippen LogP contribution < -0.4 is 15.2 Å². The van der Waals surface area contributed by atoms with Crippen molar-refractivity contribution in [3.05, 3.63) is 53.3 Å². The van der Waals surface area contributed by atoms with Gasteiger partial charge in [0.15, 0.2) is 0 Å². The Morgan fingerprint density at radius 3 is 2.45 bits per heavy atom. The fourth-order valence-corrected chi connectivity index (χ4v) is 1.85. The van der Waals surface area contributed by atoms with Gasteiger partial charge in [0.25, 0.3) is 0 Å². The molecule has 0 heterocycles. The first-order valence-electron chi connectivity index (χ1n) is 5.93. The lowest BCUT2D eigenvalue weighted by atomic mass is 10.2. The summed E-state index contributed by atoms with van der Waals surface area (Å²) in [5.41, 5.74) is 6.77. The lowest BCUT2D eigenvalue weighted by molar-refractivity contribution is 0.408. The van der Waals surface area contributed by atoms with E-state index in [1.807, 2.05) is 0 Å². The highest BCUT2D eigenvalue weighted by Gasteiger charge is 2.10. The maximum absolute atomic E-state index is 13.5. The summed E-state index contributed by atoms with van der Waals surface area (Å²) in [7, 11) is 1.55. The molecule has 0 aliphatic carbocycles. The van der Waals surface area contributed by atoms with Gasteiger partial charge in [-0.05, 0) is 30.7 Å². The summed E-state index contributed by atoms with van der Waals surface area (Å²) in [5.74, 6) is 1.08. The van der Waals surface area contributed by atoms with E-state index < -0.39 is 0 Å². The quantitative estimate of drug-likeness (QED) is 0.875. The predicted molar refractivity (Wildman–Crippen MR) is 80.1 cm³/mol. The Morgan fingerprint density at radius 2 is 1.85 bits per heavy atom. The van der Waals surface area contributed by atoms with Crippen LogP contribution in [0.1, 0.15) is 11.1 Å². The van der Waals surface area contributed by atoms with Gasteiger partial charge in [0.1, 0.15) is 28.1 Å². The largest absolute Gasteiger partial charge is 0.497 e. The third-order valence-corrected chi connectivity index (χ3v) is 3.05. The SMILES string of the molecule is COc1ccc(C(N)=S)c(Oc2ccc(C)c(F)c2)c1. The monoisotopic (exact) mass is 291 g/mol. The second-order valence-electron chi connectivity index (χ2n) is 4.24. The standard InChI is InChI=1S/C15H14FNO2S/c1-9-3-4-11(7-13(9)16)19-14-8-10(18-2)5-6-12(14)15(17)20/h3-8H,1-2H3,(H2,17,20). The molecule has 2 aromatic rings. The topological polar surface area (TPSA) is 44.5 Å². The van der Waals surface area contributed by atoms with Gasteiger partial charge < -0.3 is 15.2 Å². The minimum Gasteiger partial charge on any atom is -0.497 e. The smallest absolute Gasteiger partial charge is 0.141 e. The molecule has 2 rings (SSSR count). The molecule has 0 aliphatic heterocycles. The van der Waals surface area contributed by atoms with E-state index in [9.17, 15) is 4.39 Å². The van der Waals surface area contributed by atoms with Crippen LogP contribution in [0.15, 0.2) is 36.4 Å². The molecule has 0 spiro atoms. The van der Waals surface area contributed by atoms with Crippen LogP contribution >= 0.6 is 12.2 Å². The van der Waals surface area contributed by atoms with Gasteiger partial charge >= 0.3 is 0 Å². The molecule has 0 radical (unpaired) electrons. The van der Waals surface area contributed by atoms with Gasteiger partial charge in [0.2, 0.25) is 0 Å². The first kappa shape index (κ1) is 14.3. The van der Waals surface area contributed by atoms with Crippen molar-refractivity contribution in [3.63, 3.8) is 0 Å². The summed E-state index contributed by atoms with van der Waals surface area (Å²) in [4.78, 5) is 0.204. The van der Waals surface area contributed by atoms with E-state index in [-0.39, 0.29) is 10.8 Å². The van der Waals surface area contributed by atoms with Crippen LogP contribution in [0.2, 0.25) is 0 Å². The second kappa shape index (κ2) is 5.88. The third kappa shape index (κ3) is 3.05. The number of benzene rings is 2. The molecule has 5 heteroatoms. The highest BCUT2D eigenvalue weighted by molar-refractivity contribution is 7.80. The Labute approximate surface area is 122 Å². The predicted octanol–water partition coefficient (Wildman–Crippen LogP) is 3.57. The van der Waals surface area contributed by atoms with Crippen LogP contribution in [0.5, 0.6) is 17.2 Å². The van der Waals surface area contributed by atoms with Crippen molar-refractivity contribution in [1.82, 2.24) is 0 Å². The van der Waals surface area contributed by atoms with Crippen molar-refractivity contribution in [3.8, 4) is 17.2 Å². The van der Waals surface area contributed by atoms with Crippen LogP contribution in [0, 0.1) is 12.7 Å². The van der Waals surface area contributed by atoms with E-state index in [1.54, 1.807) is 44.4 Å². The Kier molecular flexibility index (Phi) is 4.20. The molecule has 20 heavy (non-hydrogen) atoms. The van der Waals surface area contributed by atoms with E-state index in [1.165, 1.54) is 6.07 Å². The van der Waals surface area contributed by atoms with Crippen molar-refractivity contribution in [2.75, 3.05) is 7.11 Å². The van der Waals surface area contributed by atoms with Crippen molar-refractivity contribution < 1.29 is 13.9 Å². The molecule has 0 aliphatic rings. The summed E-state index contributed by atoms with van der Waals surface area (Å²) in [6.45, 7) is 1.69. The molecule has 2 N–H and O–H groups in total. The lowest BCUT2D eigenvalue weighted by Crippen LogP contribution is -2.10. The van der Waals surface area contributed by atoms with Crippen LogP contribution in [0.25, 0.3) is 0 Å². The summed E-state index contributed by atoms with van der Waals surface area (Å²) >= 11 is 4.97. The molecule has 0 unspecified atom stereocenters. The van der Waals surface area contributed by atoms with E-state index in [0.29, 0.717) is 28.4 Å². The lowest BCUT2D eigenvalue weighted by Gasteiger charge is -2.12. The zero-order chi connectivity index (χ0) is 14.7. The minimum atomic E-state index is -0.331. The number of hydrogen-bond donors (Lipinski definition) is 1. The highest BCUT2D eigenvalue weighted by Crippen LogP contribution is 2.30. The Morgan fingerprint density at radius 1 is 1.15 bits per heavy atom. The van der Waals surface area contributed by atoms with E-state index in [0.717, 1.165) is 0 Å². The van der Waals surface area contributed by atoms with Crippen LogP contribution in [0.4, 0.5) is 4.39 Å².